The molecule has 4 rings (SSSR count). The lowest BCUT2D eigenvalue weighted by Crippen LogP contribution is -2.55. The highest BCUT2D eigenvalue weighted by atomic mass is 32.1. The molecule has 182 valence electrons. The number of hydrogen-bond acceptors (Lipinski definition) is 6. The first-order chi connectivity index (χ1) is 16.5. The van der Waals surface area contributed by atoms with Crippen LogP contribution in [0.25, 0.3) is 6.08 Å². The number of para-hydroxylation sites is 1. The number of carbonyl (C=O) groups excluding carboxylic acids is 2. The van der Waals surface area contributed by atoms with Gasteiger partial charge in [0.15, 0.2) is 0 Å². The molecule has 0 spiro atoms. The van der Waals surface area contributed by atoms with Crippen molar-refractivity contribution in [2.75, 3.05) is 33.3 Å². The van der Waals surface area contributed by atoms with E-state index in [1.54, 1.807) is 18.4 Å². The molecule has 2 aromatic rings. The van der Waals surface area contributed by atoms with E-state index in [-0.39, 0.29) is 17.9 Å². The third-order valence-electron chi connectivity index (χ3n) is 7.25. The van der Waals surface area contributed by atoms with Crippen molar-refractivity contribution in [3.8, 4) is 5.75 Å². The highest BCUT2D eigenvalue weighted by Gasteiger charge is 2.54. The van der Waals surface area contributed by atoms with Crippen LogP contribution in [-0.2, 0) is 11.2 Å². The number of carbonyl (C=O) groups is 2. The third-order valence-corrected chi connectivity index (χ3v) is 8.25. The maximum Gasteiger partial charge on any atom is 0.325 e. The third kappa shape index (κ3) is 4.88. The van der Waals surface area contributed by atoms with Gasteiger partial charge in [-0.15, -0.1) is 11.3 Å². The first-order valence-corrected chi connectivity index (χ1v) is 12.9. The van der Waals surface area contributed by atoms with E-state index in [2.05, 4.69) is 27.4 Å². The Kier molecular flexibility index (Phi) is 7.68. The summed E-state index contributed by atoms with van der Waals surface area (Å²) in [5, 5.41) is 3.10. The van der Waals surface area contributed by atoms with E-state index >= 15 is 0 Å². The van der Waals surface area contributed by atoms with Gasteiger partial charge in [0.25, 0.3) is 5.91 Å². The van der Waals surface area contributed by atoms with Gasteiger partial charge in [-0.3, -0.25) is 14.6 Å². The molecule has 0 aliphatic carbocycles. The Morgan fingerprint density at radius 1 is 1.26 bits per heavy atom. The monoisotopic (exact) mass is 482 g/mol. The van der Waals surface area contributed by atoms with E-state index < -0.39 is 5.54 Å². The highest BCUT2D eigenvalue weighted by molar-refractivity contribution is 7.09. The Balaban J connectivity index is 1.34. The van der Waals surface area contributed by atoms with Gasteiger partial charge in [0, 0.05) is 30.0 Å². The summed E-state index contributed by atoms with van der Waals surface area (Å²) in [4.78, 5) is 35.5. The molecule has 2 aliphatic heterocycles. The SMILES string of the molecule is CC[C@@]1(C2CCN(C/C=C/c3ccccc3OC)CC2)NC(=O)N(CCc2scnc2C)C1=O. The summed E-state index contributed by atoms with van der Waals surface area (Å²) in [6.07, 6.45) is 7.33. The average Bonchev–Trinajstić information content (AvgIpc) is 3.38. The number of thiazole rings is 1. The fourth-order valence-corrected chi connectivity index (χ4v) is 5.94. The molecule has 3 amide bonds. The summed E-state index contributed by atoms with van der Waals surface area (Å²) in [7, 11) is 1.69. The molecule has 3 heterocycles. The number of benzene rings is 1. The van der Waals surface area contributed by atoms with Crippen LogP contribution in [0.3, 0.4) is 0 Å². The first kappa shape index (κ1) is 24.4. The molecule has 8 heteroatoms. The number of imide groups is 1. The number of nitrogens with one attached hydrogen (secondary N) is 1. The second kappa shape index (κ2) is 10.7. The molecule has 1 aromatic carbocycles. The molecular weight excluding hydrogens is 448 g/mol. The topological polar surface area (TPSA) is 74.8 Å². The second-order valence-corrected chi connectivity index (χ2v) is 9.98. The predicted molar refractivity (Wildman–Crippen MR) is 135 cm³/mol. The van der Waals surface area contributed by atoms with Gasteiger partial charge in [0.2, 0.25) is 0 Å². The van der Waals surface area contributed by atoms with Crippen LogP contribution in [0.15, 0.2) is 35.9 Å². The fraction of sp³-hybridized carbons (Fsp3) is 0.500. The zero-order valence-corrected chi connectivity index (χ0v) is 21.1. The molecule has 2 fully saturated rings. The Morgan fingerprint density at radius 3 is 2.71 bits per heavy atom. The van der Waals surface area contributed by atoms with Crippen molar-refractivity contribution in [2.45, 2.75) is 45.1 Å². The molecule has 1 aromatic heterocycles. The average molecular weight is 483 g/mol. The van der Waals surface area contributed by atoms with Crippen molar-refractivity contribution in [1.29, 1.82) is 0 Å². The van der Waals surface area contributed by atoms with Crippen LogP contribution >= 0.6 is 11.3 Å². The maximum atomic E-state index is 13.5. The van der Waals surface area contributed by atoms with Gasteiger partial charge in [-0.25, -0.2) is 9.78 Å². The lowest BCUT2D eigenvalue weighted by atomic mass is 9.75. The van der Waals surface area contributed by atoms with Crippen molar-refractivity contribution in [3.63, 3.8) is 0 Å². The maximum absolute atomic E-state index is 13.5. The fourth-order valence-electron chi connectivity index (χ4n) is 5.17. The number of hydrogen-bond donors (Lipinski definition) is 1. The van der Waals surface area contributed by atoms with Gasteiger partial charge in [-0.1, -0.05) is 37.3 Å². The van der Waals surface area contributed by atoms with Gasteiger partial charge in [0.1, 0.15) is 11.3 Å². The number of nitrogens with zero attached hydrogens (tertiary/aromatic N) is 3. The Morgan fingerprint density at radius 2 is 2.03 bits per heavy atom. The van der Waals surface area contributed by atoms with E-state index in [0.717, 1.165) is 54.4 Å². The number of methoxy groups -OCH3 is 1. The molecule has 2 aliphatic rings. The largest absolute Gasteiger partial charge is 0.496 e. The van der Waals surface area contributed by atoms with E-state index in [1.807, 2.05) is 43.6 Å². The normalized spacial score (nSPS) is 22.0. The number of amides is 3. The Bertz CT molecular complexity index is 1040. The van der Waals surface area contributed by atoms with Crippen LogP contribution < -0.4 is 10.1 Å². The molecule has 7 nitrogen and oxygen atoms in total. The number of aromatic nitrogens is 1. The minimum atomic E-state index is -0.779. The minimum absolute atomic E-state index is 0.0586. The number of urea groups is 1. The Hall–Kier alpha value is -2.71. The smallest absolute Gasteiger partial charge is 0.325 e. The van der Waals surface area contributed by atoms with Gasteiger partial charge in [-0.05, 0) is 51.3 Å². The van der Waals surface area contributed by atoms with Crippen LogP contribution in [-0.4, -0.2) is 65.5 Å². The van der Waals surface area contributed by atoms with E-state index in [0.29, 0.717) is 19.4 Å². The van der Waals surface area contributed by atoms with Gasteiger partial charge in [-0.2, -0.15) is 0 Å². The predicted octanol–water partition coefficient (Wildman–Crippen LogP) is 4.13. The van der Waals surface area contributed by atoms with Crippen molar-refractivity contribution in [2.24, 2.45) is 5.92 Å². The number of rotatable bonds is 9. The zero-order valence-electron chi connectivity index (χ0n) is 20.3. The molecule has 0 unspecified atom stereocenters. The minimum Gasteiger partial charge on any atom is -0.496 e. The summed E-state index contributed by atoms with van der Waals surface area (Å²) < 4.78 is 5.42. The van der Waals surface area contributed by atoms with Crippen LogP contribution in [0, 0.1) is 12.8 Å². The van der Waals surface area contributed by atoms with Crippen molar-refractivity contribution >= 4 is 29.4 Å². The summed E-state index contributed by atoms with van der Waals surface area (Å²) >= 11 is 1.58. The number of likely N-dealkylation sites (tertiary alicyclic amines) is 1. The summed E-state index contributed by atoms with van der Waals surface area (Å²) in [6, 6.07) is 7.73. The quantitative estimate of drug-likeness (QED) is 0.544. The molecule has 0 saturated carbocycles. The van der Waals surface area contributed by atoms with Crippen molar-refractivity contribution in [1.82, 2.24) is 20.1 Å². The summed E-state index contributed by atoms with van der Waals surface area (Å²) in [5.74, 6) is 0.961. The van der Waals surface area contributed by atoms with Gasteiger partial charge >= 0.3 is 6.03 Å². The standard InChI is InChI=1S/C26H34N4O3S/c1-4-26(24(31)30(25(32)28-26)17-13-23-19(2)27-18-34-23)21-11-15-29(16-12-21)14-7-9-20-8-5-6-10-22(20)33-3/h5-10,18,21H,4,11-17H2,1-3H3,(H,28,32)/b9-7+/t26-/m0/s1. The molecule has 34 heavy (non-hydrogen) atoms. The first-order valence-electron chi connectivity index (χ1n) is 12.0. The zero-order chi connectivity index (χ0) is 24.1. The summed E-state index contributed by atoms with van der Waals surface area (Å²) in [5.41, 5.74) is 3.08. The molecular formula is C26H34N4O3S. The number of piperidine rings is 1. The lowest BCUT2D eigenvalue weighted by Gasteiger charge is -2.40. The van der Waals surface area contributed by atoms with Gasteiger partial charge in [0.05, 0.1) is 18.3 Å². The molecule has 1 N–H and O–H groups in total. The molecule has 1 atom stereocenters. The Labute approximate surface area is 205 Å². The van der Waals surface area contributed by atoms with E-state index in [1.165, 1.54) is 4.90 Å². The molecule has 0 radical (unpaired) electrons. The number of ether oxygens (including phenoxy) is 1. The van der Waals surface area contributed by atoms with E-state index in [9.17, 15) is 9.59 Å². The highest BCUT2D eigenvalue weighted by Crippen LogP contribution is 2.36. The van der Waals surface area contributed by atoms with Crippen LogP contribution in [0.4, 0.5) is 4.79 Å². The second-order valence-electron chi connectivity index (χ2n) is 9.04. The van der Waals surface area contributed by atoms with Gasteiger partial charge < -0.3 is 10.1 Å². The van der Waals surface area contributed by atoms with Crippen molar-refractivity contribution < 1.29 is 14.3 Å². The molecule has 0 bridgehead atoms. The van der Waals surface area contributed by atoms with Crippen LogP contribution in [0.2, 0.25) is 0 Å². The van der Waals surface area contributed by atoms with E-state index in [4.69, 9.17) is 4.74 Å². The molecule has 2 saturated heterocycles. The van der Waals surface area contributed by atoms with Crippen LogP contribution in [0.1, 0.15) is 42.3 Å². The summed E-state index contributed by atoms with van der Waals surface area (Å²) in [6.45, 7) is 7.05. The van der Waals surface area contributed by atoms with Crippen molar-refractivity contribution in [3.05, 3.63) is 52.0 Å². The number of aryl methyl sites for hydroxylation is 1. The lowest BCUT2D eigenvalue weighted by molar-refractivity contribution is -0.134. The van der Waals surface area contributed by atoms with Crippen LogP contribution in [0.5, 0.6) is 5.75 Å².